The monoisotopic (exact) mass is 424 g/mol. The lowest BCUT2D eigenvalue weighted by Gasteiger charge is -2.26. The lowest BCUT2D eigenvalue weighted by atomic mass is 9.79. The lowest BCUT2D eigenvalue weighted by Crippen LogP contribution is -2.12. The summed E-state index contributed by atoms with van der Waals surface area (Å²) in [6.45, 7) is 2.25. The van der Waals surface area contributed by atoms with Gasteiger partial charge in [-0.05, 0) is 60.1 Å². The van der Waals surface area contributed by atoms with Crippen molar-refractivity contribution in [1.29, 1.82) is 0 Å². The van der Waals surface area contributed by atoms with Crippen LogP contribution in [0.4, 0.5) is 13.2 Å². The molecule has 5 heteroatoms. The molecule has 1 aliphatic carbocycles. The maximum atomic E-state index is 15.4. The summed E-state index contributed by atoms with van der Waals surface area (Å²) in [5, 5.41) is 0. The molecule has 0 radical (unpaired) electrons. The first-order valence-corrected chi connectivity index (χ1v) is 10.8. The second-order valence-electron chi connectivity index (χ2n) is 8.21. The normalized spacial score (nSPS) is 15.0. The molecule has 31 heavy (non-hydrogen) atoms. The molecule has 3 aromatic carbocycles. The van der Waals surface area contributed by atoms with Crippen molar-refractivity contribution in [3.8, 4) is 33.8 Å². The van der Waals surface area contributed by atoms with Crippen molar-refractivity contribution in [3.05, 3.63) is 71.0 Å². The smallest absolute Gasteiger partial charge is 0.207 e. The highest BCUT2D eigenvalue weighted by atomic mass is 19.1. The fourth-order valence-electron chi connectivity index (χ4n) is 4.34. The second kappa shape index (κ2) is 7.95. The molecule has 0 atom stereocenters. The standard InChI is InChI=1S/C26H23F3O2/c1-2-12-30-23-11-10-20-19-9-8-18(24(28)21(19)14-31-26(20)25(23)29)16-6-7-17(22(27)13-16)15-4-3-5-15/h6-11,13,15H,2-5,12,14H2,1H3. The van der Waals surface area contributed by atoms with E-state index >= 15 is 4.39 Å². The summed E-state index contributed by atoms with van der Waals surface area (Å²) in [5.74, 6) is -0.858. The fourth-order valence-corrected chi connectivity index (χ4v) is 4.34. The van der Waals surface area contributed by atoms with Crippen molar-refractivity contribution >= 4 is 0 Å². The molecule has 0 spiro atoms. The molecule has 0 saturated heterocycles. The van der Waals surface area contributed by atoms with Crippen LogP contribution in [-0.2, 0) is 6.61 Å². The number of hydrogen-bond acceptors (Lipinski definition) is 2. The first-order chi connectivity index (χ1) is 15.1. The van der Waals surface area contributed by atoms with E-state index in [4.69, 9.17) is 9.47 Å². The Morgan fingerprint density at radius 2 is 1.71 bits per heavy atom. The third-order valence-corrected chi connectivity index (χ3v) is 6.27. The minimum Gasteiger partial charge on any atom is -0.490 e. The summed E-state index contributed by atoms with van der Waals surface area (Å²) in [6.07, 6.45) is 3.89. The number of fused-ring (bicyclic) bond motifs is 3. The average molecular weight is 424 g/mol. The fraction of sp³-hybridized carbons (Fsp3) is 0.308. The molecule has 0 unspecified atom stereocenters. The van der Waals surface area contributed by atoms with Crippen molar-refractivity contribution in [2.75, 3.05) is 6.61 Å². The van der Waals surface area contributed by atoms with E-state index in [0.717, 1.165) is 25.7 Å². The predicted molar refractivity (Wildman–Crippen MR) is 114 cm³/mol. The molecule has 0 aromatic heterocycles. The van der Waals surface area contributed by atoms with Crippen molar-refractivity contribution in [2.24, 2.45) is 0 Å². The molecule has 1 saturated carbocycles. The van der Waals surface area contributed by atoms with E-state index in [1.54, 1.807) is 36.4 Å². The van der Waals surface area contributed by atoms with Crippen LogP contribution in [-0.4, -0.2) is 6.61 Å². The zero-order chi connectivity index (χ0) is 21.5. The summed E-state index contributed by atoms with van der Waals surface area (Å²) in [7, 11) is 0. The Bertz CT molecular complexity index is 1150. The zero-order valence-corrected chi connectivity index (χ0v) is 17.3. The van der Waals surface area contributed by atoms with Gasteiger partial charge in [0.1, 0.15) is 18.2 Å². The summed E-state index contributed by atoms with van der Waals surface area (Å²) in [5.41, 5.74) is 2.92. The van der Waals surface area contributed by atoms with E-state index in [1.165, 1.54) is 6.07 Å². The molecule has 0 N–H and O–H groups in total. The summed E-state index contributed by atoms with van der Waals surface area (Å²) in [4.78, 5) is 0. The molecule has 0 bridgehead atoms. The Hall–Kier alpha value is -2.95. The number of hydrogen-bond donors (Lipinski definition) is 0. The number of benzene rings is 3. The summed E-state index contributed by atoms with van der Waals surface area (Å²) < 4.78 is 55.9. The molecule has 1 aliphatic heterocycles. The maximum absolute atomic E-state index is 15.4. The first-order valence-electron chi connectivity index (χ1n) is 10.8. The van der Waals surface area contributed by atoms with Crippen LogP contribution in [0.15, 0.2) is 42.5 Å². The zero-order valence-electron chi connectivity index (χ0n) is 17.3. The highest BCUT2D eigenvalue weighted by molar-refractivity contribution is 5.80. The van der Waals surface area contributed by atoms with Crippen LogP contribution in [0.5, 0.6) is 11.5 Å². The molecule has 160 valence electrons. The van der Waals surface area contributed by atoms with Gasteiger partial charge in [-0.1, -0.05) is 37.6 Å². The van der Waals surface area contributed by atoms with Gasteiger partial charge in [-0.3, -0.25) is 0 Å². The molecule has 3 aromatic rings. The molecule has 1 fully saturated rings. The van der Waals surface area contributed by atoms with Crippen molar-refractivity contribution in [3.63, 3.8) is 0 Å². The van der Waals surface area contributed by atoms with Crippen molar-refractivity contribution in [1.82, 2.24) is 0 Å². The minimum atomic E-state index is -0.574. The van der Waals surface area contributed by atoms with Gasteiger partial charge in [-0.15, -0.1) is 0 Å². The lowest BCUT2D eigenvalue weighted by molar-refractivity contribution is 0.262. The van der Waals surface area contributed by atoms with Crippen LogP contribution in [0.2, 0.25) is 0 Å². The van der Waals surface area contributed by atoms with Gasteiger partial charge in [-0.2, -0.15) is 4.39 Å². The van der Waals surface area contributed by atoms with Crippen LogP contribution in [0.25, 0.3) is 22.3 Å². The highest BCUT2D eigenvalue weighted by Gasteiger charge is 2.27. The SMILES string of the molecule is CCCOc1ccc2c(c1F)OCc1c-2ccc(-c2ccc(C3CCC3)c(F)c2)c1F. The van der Waals surface area contributed by atoms with E-state index in [9.17, 15) is 8.78 Å². The Balaban J connectivity index is 1.52. The minimum absolute atomic E-state index is 0.0733. The van der Waals surface area contributed by atoms with Crippen LogP contribution in [0.3, 0.4) is 0 Å². The Kier molecular flexibility index (Phi) is 5.12. The number of halogens is 3. The molecular formula is C26H23F3O2. The van der Waals surface area contributed by atoms with Crippen LogP contribution >= 0.6 is 0 Å². The van der Waals surface area contributed by atoms with Crippen LogP contribution in [0, 0.1) is 17.5 Å². The van der Waals surface area contributed by atoms with Crippen LogP contribution < -0.4 is 9.47 Å². The molecular weight excluding hydrogens is 401 g/mol. The Morgan fingerprint density at radius 1 is 0.935 bits per heavy atom. The molecule has 2 nitrogen and oxygen atoms in total. The molecule has 5 rings (SSSR count). The molecule has 1 heterocycles. The largest absolute Gasteiger partial charge is 0.490 e. The van der Waals surface area contributed by atoms with Gasteiger partial charge in [0.15, 0.2) is 11.5 Å². The third kappa shape index (κ3) is 3.36. The van der Waals surface area contributed by atoms with Gasteiger partial charge >= 0.3 is 0 Å². The van der Waals surface area contributed by atoms with E-state index < -0.39 is 11.6 Å². The van der Waals surface area contributed by atoms with E-state index in [2.05, 4.69) is 0 Å². The summed E-state index contributed by atoms with van der Waals surface area (Å²) in [6, 6.07) is 11.6. The predicted octanol–water partition coefficient (Wildman–Crippen LogP) is 7.39. The highest BCUT2D eigenvalue weighted by Crippen LogP contribution is 2.45. The van der Waals surface area contributed by atoms with E-state index in [1.807, 2.05) is 6.92 Å². The third-order valence-electron chi connectivity index (χ3n) is 6.27. The van der Waals surface area contributed by atoms with E-state index in [-0.39, 0.29) is 29.8 Å². The Labute approximate surface area is 179 Å². The van der Waals surface area contributed by atoms with Gasteiger partial charge in [0, 0.05) is 16.7 Å². The van der Waals surface area contributed by atoms with Gasteiger partial charge in [-0.25, -0.2) is 8.78 Å². The molecule has 2 aliphatic rings. The average Bonchev–Trinajstić information content (AvgIpc) is 2.73. The van der Waals surface area contributed by atoms with Gasteiger partial charge in [0.05, 0.1) is 6.61 Å². The number of rotatable bonds is 5. The Morgan fingerprint density at radius 3 is 2.42 bits per heavy atom. The van der Waals surface area contributed by atoms with Crippen LogP contribution in [0.1, 0.15) is 49.7 Å². The summed E-state index contributed by atoms with van der Waals surface area (Å²) >= 11 is 0. The van der Waals surface area contributed by atoms with Crippen molar-refractivity contribution in [2.45, 2.75) is 45.1 Å². The van der Waals surface area contributed by atoms with Gasteiger partial charge in [0.25, 0.3) is 0 Å². The number of ether oxygens (including phenoxy) is 2. The first kappa shape index (κ1) is 20.0. The van der Waals surface area contributed by atoms with E-state index in [0.29, 0.717) is 40.0 Å². The topological polar surface area (TPSA) is 18.5 Å². The van der Waals surface area contributed by atoms with Gasteiger partial charge < -0.3 is 9.47 Å². The second-order valence-corrected chi connectivity index (χ2v) is 8.21. The maximum Gasteiger partial charge on any atom is 0.207 e. The van der Waals surface area contributed by atoms with Gasteiger partial charge in [0.2, 0.25) is 5.82 Å². The quantitative estimate of drug-likeness (QED) is 0.425. The van der Waals surface area contributed by atoms with Crippen molar-refractivity contribution < 1.29 is 22.6 Å². The molecule has 0 amide bonds.